The molecule has 1 atom stereocenters. The smallest absolute Gasteiger partial charge is 0.417 e. The number of pyridine rings is 1. The zero-order chi connectivity index (χ0) is 19.3. The Morgan fingerprint density at radius 1 is 1.33 bits per heavy atom. The maximum Gasteiger partial charge on any atom is 0.417 e. The SMILES string of the molecule is C[C@@H]1COc2c(sc3ccc4ncccc4c23)C(=O)N1C(=O)OC(C)(C)C. The van der Waals surface area contributed by atoms with Gasteiger partial charge in [0.1, 0.15) is 17.1 Å². The molecule has 4 rings (SSSR count). The van der Waals surface area contributed by atoms with Crippen molar-refractivity contribution in [1.82, 2.24) is 9.88 Å². The Hall–Kier alpha value is -2.67. The average molecular weight is 384 g/mol. The Morgan fingerprint density at radius 2 is 2.11 bits per heavy atom. The van der Waals surface area contributed by atoms with Gasteiger partial charge in [-0.2, -0.15) is 0 Å². The molecule has 27 heavy (non-hydrogen) atoms. The Labute approximate surface area is 160 Å². The topological polar surface area (TPSA) is 68.7 Å². The molecule has 0 saturated heterocycles. The lowest BCUT2D eigenvalue weighted by Crippen LogP contribution is -2.46. The fraction of sp³-hybridized carbons (Fsp3) is 0.350. The van der Waals surface area contributed by atoms with E-state index >= 15 is 0 Å². The summed E-state index contributed by atoms with van der Waals surface area (Å²) in [6.07, 6.45) is 1.08. The molecule has 1 aliphatic heterocycles. The highest BCUT2D eigenvalue weighted by Crippen LogP contribution is 2.43. The van der Waals surface area contributed by atoms with Crippen LogP contribution in [-0.4, -0.2) is 40.1 Å². The van der Waals surface area contributed by atoms with Crippen LogP contribution in [0.1, 0.15) is 37.4 Å². The van der Waals surface area contributed by atoms with Crippen LogP contribution in [0.5, 0.6) is 5.75 Å². The lowest BCUT2D eigenvalue weighted by molar-refractivity contribution is 0.0159. The van der Waals surface area contributed by atoms with E-state index in [2.05, 4.69) is 4.98 Å². The molecular weight excluding hydrogens is 364 g/mol. The minimum absolute atomic E-state index is 0.209. The number of thiophene rings is 1. The first kappa shape index (κ1) is 17.7. The third-order valence-electron chi connectivity index (χ3n) is 4.31. The number of benzene rings is 1. The van der Waals surface area contributed by atoms with Gasteiger partial charge in [0.15, 0.2) is 5.75 Å². The molecule has 0 spiro atoms. The van der Waals surface area contributed by atoms with Gasteiger partial charge in [-0.15, -0.1) is 11.3 Å². The van der Waals surface area contributed by atoms with Crippen molar-refractivity contribution in [2.75, 3.05) is 6.61 Å². The molecule has 1 aliphatic rings. The quantitative estimate of drug-likeness (QED) is 0.566. The van der Waals surface area contributed by atoms with E-state index < -0.39 is 17.7 Å². The molecule has 0 bridgehead atoms. The van der Waals surface area contributed by atoms with Gasteiger partial charge in [-0.1, -0.05) is 6.07 Å². The summed E-state index contributed by atoms with van der Waals surface area (Å²) in [4.78, 5) is 31.8. The summed E-state index contributed by atoms with van der Waals surface area (Å²) in [6.45, 7) is 7.32. The molecule has 6 nitrogen and oxygen atoms in total. The van der Waals surface area contributed by atoms with Crippen LogP contribution in [0, 0.1) is 0 Å². The minimum atomic E-state index is -0.685. The number of amides is 2. The van der Waals surface area contributed by atoms with E-state index in [9.17, 15) is 9.59 Å². The van der Waals surface area contributed by atoms with Crippen molar-refractivity contribution >= 4 is 44.3 Å². The van der Waals surface area contributed by atoms with Gasteiger partial charge in [-0.3, -0.25) is 9.78 Å². The molecule has 7 heteroatoms. The molecule has 2 aromatic heterocycles. The van der Waals surface area contributed by atoms with E-state index in [0.29, 0.717) is 10.6 Å². The molecule has 0 radical (unpaired) electrons. The number of rotatable bonds is 0. The van der Waals surface area contributed by atoms with Crippen molar-refractivity contribution in [3.05, 3.63) is 35.3 Å². The van der Waals surface area contributed by atoms with Crippen LogP contribution in [-0.2, 0) is 4.74 Å². The fourth-order valence-corrected chi connectivity index (χ4v) is 4.26. The Morgan fingerprint density at radius 3 is 2.85 bits per heavy atom. The Kier molecular flexibility index (Phi) is 4.07. The molecule has 0 N–H and O–H groups in total. The number of imide groups is 1. The number of fused-ring (bicyclic) bond motifs is 5. The first-order valence-electron chi connectivity index (χ1n) is 8.76. The molecule has 3 aromatic rings. The normalized spacial score (nSPS) is 17.6. The largest absolute Gasteiger partial charge is 0.489 e. The van der Waals surface area contributed by atoms with Crippen LogP contribution < -0.4 is 4.74 Å². The number of nitrogens with zero attached hydrogens (tertiary/aromatic N) is 2. The number of ether oxygens (including phenoxy) is 2. The Bertz CT molecular complexity index is 1070. The lowest BCUT2D eigenvalue weighted by Gasteiger charge is -2.28. The van der Waals surface area contributed by atoms with E-state index in [1.165, 1.54) is 11.3 Å². The minimum Gasteiger partial charge on any atom is -0.489 e. The summed E-state index contributed by atoms with van der Waals surface area (Å²) >= 11 is 1.33. The van der Waals surface area contributed by atoms with Crippen molar-refractivity contribution in [2.45, 2.75) is 39.3 Å². The van der Waals surface area contributed by atoms with E-state index in [1.807, 2.05) is 24.3 Å². The van der Waals surface area contributed by atoms with Gasteiger partial charge in [0.25, 0.3) is 5.91 Å². The third kappa shape index (κ3) is 3.02. The fourth-order valence-electron chi connectivity index (χ4n) is 3.16. The molecule has 0 saturated carbocycles. The first-order chi connectivity index (χ1) is 12.8. The summed E-state index contributed by atoms with van der Waals surface area (Å²) in [5.74, 6) is 0.138. The van der Waals surface area contributed by atoms with Crippen LogP contribution in [0.3, 0.4) is 0 Å². The van der Waals surface area contributed by atoms with E-state index in [0.717, 1.165) is 25.9 Å². The summed E-state index contributed by atoms with van der Waals surface area (Å²) in [6, 6.07) is 7.24. The highest BCUT2D eigenvalue weighted by Gasteiger charge is 2.38. The number of carbonyl (C=O) groups excluding carboxylic acids is 2. The molecule has 1 aromatic carbocycles. The van der Waals surface area contributed by atoms with Crippen molar-refractivity contribution in [3.8, 4) is 5.75 Å². The number of carbonyl (C=O) groups is 2. The van der Waals surface area contributed by atoms with Crippen LogP contribution in [0.25, 0.3) is 21.0 Å². The van der Waals surface area contributed by atoms with Crippen LogP contribution >= 0.6 is 11.3 Å². The lowest BCUT2D eigenvalue weighted by atomic mass is 10.1. The predicted octanol–water partition coefficient (Wildman–Crippen LogP) is 4.61. The highest BCUT2D eigenvalue weighted by atomic mass is 32.1. The van der Waals surface area contributed by atoms with Gasteiger partial charge in [0.2, 0.25) is 0 Å². The van der Waals surface area contributed by atoms with E-state index in [1.54, 1.807) is 33.9 Å². The van der Waals surface area contributed by atoms with Gasteiger partial charge >= 0.3 is 6.09 Å². The van der Waals surface area contributed by atoms with Gasteiger partial charge < -0.3 is 9.47 Å². The number of aromatic nitrogens is 1. The predicted molar refractivity (Wildman–Crippen MR) is 104 cm³/mol. The molecule has 0 unspecified atom stereocenters. The molecular formula is C20H20N2O4S. The number of hydrogen-bond acceptors (Lipinski definition) is 6. The Balaban J connectivity index is 1.86. The zero-order valence-corrected chi connectivity index (χ0v) is 16.4. The van der Waals surface area contributed by atoms with Crippen molar-refractivity contribution in [3.63, 3.8) is 0 Å². The molecule has 0 aliphatic carbocycles. The third-order valence-corrected chi connectivity index (χ3v) is 5.43. The zero-order valence-electron chi connectivity index (χ0n) is 15.6. The van der Waals surface area contributed by atoms with Gasteiger partial charge in [0.05, 0.1) is 11.6 Å². The maximum atomic E-state index is 13.2. The standard InChI is InChI=1S/C20H20N2O4S/c1-11-10-25-16-15-12-6-5-9-21-13(12)7-8-14(15)27-17(16)18(23)22(11)19(24)26-20(2,3)4/h5-9,11H,10H2,1-4H3/t11-/m1/s1. The maximum absolute atomic E-state index is 13.2. The molecule has 3 heterocycles. The summed E-state index contributed by atoms with van der Waals surface area (Å²) in [7, 11) is 0. The van der Waals surface area contributed by atoms with Gasteiger partial charge in [-0.05, 0) is 45.9 Å². The molecule has 0 fully saturated rings. The molecule has 2 amide bonds. The van der Waals surface area contributed by atoms with Gasteiger partial charge in [-0.25, -0.2) is 9.69 Å². The van der Waals surface area contributed by atoms with Crippen LogP contribution in [0.2, 0.25) is 0 Å². The number of hydrogen-bond donors (Lipinski definition) is 0. The second-order valence-electron chi connectivity index (χ2n) is 7.58. The average Bonchev–Trinajstić information content (AvgIpc) is 2.92. The second-order valence-corrected chi connectivity index (χ2v) is 8.64. The summed E-state index contributed by atoms with van der Waals surface area (Å²) < 4.78 is 12.4. The summed E-state index contributed by atoms with van der Waals surface area (Å²) in [5, 5.41) is 1.80. The molecule has 140 valence electrons. The summed E-state index contributed by atoms with van der Waals surface area (Å²) in [5.41, 5.74) is 0.151. The van der Waals surface area contributed by atoms with Crippen molar-refractivity contribution in [2.24, 2.45) is 0 Å². The monoisotopic (exact) mass is 384 g/mol. The van der Waals surface area contributed by atoms with Crippen LogP contribution in [0.4, 0.5) is 4.79 Å². The van der Waals surface area contributed by atoms with Crippen LogP contribution in [0.15, 0.2) is 30.5 Å². The van der Waals surface area contributed by atoms with Crippen molar-refractivity contribution in [1.29, 1.82) is 0 Å². The van der Waals surface area contributed by atoms with E-state index in [-0.39, 0.29) is 12.5 Å². The first-order valence-corrected chi connectivity index (χ1v) is 9.57. The highest BCUT2D eigenvalue weighted by molar-refractivity contribution is 7.21. The van der Waals surface area contributed by atoms with Gasteiger partial charge in [0, 0.05) is 21.7 Å². The second kappa shape index (κ2) is 6.20. The van der Waals surface area contributed by atoms with E-state index in [4.69, 9.17) is 9.47 Å². The van der Waals surface area contributed by atoms with Crippen molar-refractivity contribution < 1.29 is 19.1 Å².